The molecule has 0 aliphatic carbocycles. The zero-order valence-corrected chi connectivity index (χ0v) is 75.1. The van der Waals surface area contributed by atoms with Gasteiger partial charge in [0.25, 0.3) is 29.5 Å². The highest BCUT2D eigenvalue weighted by molar-refractivity contribution is 6.62. The molecule has 119 heavy (non-hydrogen) atoms. The highest BCUT2D eigenvalue weighted by Gasteiger charge is 2.58. The molecule has 0 saturated heterocycles. The molecule has 6 amide bonds. The number of ether oxygens (including phenoxy) is 4. The van der Waals surface area contributed by atoms with Crippen molar-refractivity contribution in [1.82, 2.24) is 19.6 Å². The summed E-state index contributed by atoms with van der Waals surface area (Å²) in [6.07, 6.45) is -5.71. The Balaban J connectivity index is 1.31. The van der Waals surface area contributed by atoms with Crippen molar-refractivity contribution < 1.29 is 114 Å². The molecule has 0 N–H and O–H groups in total. The number of imide groups is 2. The van der Waals surface area contributed by atoms with Gasteiger partial charge in [-0.05, 0) is 126 Å². The lowest BCUT2D eigenvalue weighted by molar-refractivity contribution is -0.186. The fraction of sp³-hybridized carbons (Fsp3) is 0.419. The maximum absolute atomic E-state index is 17.1. The van der Waals surface area contributed by atoms with E-state index in [1.165, 1.54) is 121 Å². The summed E-state index contributed by atoms with van der Waals surface area (Å²) in [6, 6.07) is 28.4. The van der Waals surface area contributed by atoms with Gasteiger partial charge < -0.3 is 81.9 Å². The van der Waals surface area contributed by atoms with Crippen LogP contribution in [0, 0.1) is 0 Å². The number of carbonyl (C=O) groups is 6. The van der Waals surface area contributed by atoms with Crippen LogP contribution in [-0.4, -0.2) is 220 Å². The second-order valence-corrected chi connectivity index (χ2v) is 42.8. The first-order valence-electron chi connectivity index (χ1n) is 39.1. The van der Waals surface area contributed by atoms with Gasteiger partial charge in [0.2, 0.25) is 11.9 Å². The molecule has 2 atom stereocenters. The maximum atomic E-state index is 17.1. The Morgan fingerprint density at radius 2 is 0.555 bits per heavy atom. The van der Waals surface area contributed by atoms with E-state index in [1.54, 1.807) is 60.7 Å². The monoisotopic (exact) mass is 1710 g/mol. The molecule has 9 aromatic carbocycles. The summed E-state index contributed by atoms with van der Waals surface area (Å²) in [5.74, 6) is -7.58. The average molecular weight is 1720 g/mol. The van der Waals surface area contributed by atoms with E-state index < -0.39 is 113 Å². The van der Waals surface area contributed by atoms with Crippen LogP contribution in [0.1, 0.15) is 150 Å². The summed E-state index contributed by atoms with van der Waals surface area (Å²) in [4.78, 5) is 101. The third-order valence-electron chi connectivity index (χ3n) is 22.6. The quantitative estimate of drug-likeness (QED) is 0.0149. The molecular weight excluding hydrogens is 1610 g/mol. The number of carbonyl (C=O) groups excluding carboxylic acids is 6. The molecule has 2 aliphatic rings. The number of benzene rings is 9. The second kappa shape index (κ2) is 37.1. The Morgan fingerprint density at radius 3 is 0.773 bits per heavy atom. The molecule has 0 fully saturated rings. The molecular formula is C86H105F3N4O22Si4. The van der Waals surface area contributed by atoms with Crippen molar-refractivity contribution in [3.63, 3.8) is 0 Å². The Labute approximate surface area is 695 Å². The number of rotatable bonds is 40. The van der Waals surface area contributed by atoms with E-state index in [9.17, 15) is 0 Å². The minimum atomic E-state index is -5.71. The summed E-state index contributed by atoms with van der Waals surface area (Å²) < 4.78 is 150. The Kier molecular flexibility index (Phi) is 28.2. The number of amides is 6. The topological polar surface area (TPSA) is 263 Å². The Bertz CT molecular complexity index is 4950. The molecule has 0 radical (unpaired) electrons. The number of hydrogen-bond acceptors (Lipinski definition) is 22. The first kappa shape index (κ1) is 90.6. The van der Waals surface area contributed by atoms with Crippen molar-refractivity contribution >= 4 is 114 Å². The molecule has 0 aromatic heterocycles. The van der Waals surface area contributed by atoms with Crippen LogP contribution in [0.4, 0.5) is 13.2 Å². The van der Waals surface area contributed by atoms with Crippen molar-refractivity contribution in [3.8, 4) is 46.0 Å². The van der Waals surface area contributed by atoms with Crippen molar-refractivity contribution in [1.29, 1.82) is 0 Å². The smallest absolute Gasteiger partial charge is 0.457 e. The van der Waals surface area contributed by atoms with Crippen molar-refractivity contribution in [3.05, 3.63) is 166 Å². The predicted octanol–water partition coefficient (Wildman–Crippen LogP) is 17.1. The van der Waals surface area contributed by atoms with E-state index in [1.807, 2.05) is 91.8 Å². The Hall–Kier alpha value is -9.12. The molecule has 9 aromatic rings. The summed E-state index contributed by atoms with van der Waals surface area (Å²) in [5.41, 5.74) is 1.88. The third-order valence-corrected chi connectivity index (χ3v) is 33.4. The number of nitrogens with zero attached hydrogens (tertiary/aromatic N) is 4. The van der Waals surface area contributed by atoms with Crippen LogP contribution in [-0.2, 0) is 62.7 Å². The van der Waals surface area contributed by atoms with Gasteiger partial charge >= 0.3 is 41.4 Å². The fourth-order valence-corrected chi connectivity index (χ4v) is 22.3. The zero-order chi connectivity index (χ0) is 86.7. The minimum Gasteiger partial charge on any atom is -0.457 e. The minimum absolute atomic E-state index is 0.0215. The van der Waals surface area contributed by atoms with E-state index in [-0.39, 0.29) is 166 Å². The van der Waals surface area contributed by atoms with Gasteiger partial charge in [0.15, 0.2) is 0 Å². The van der Waals surface area contributed by atoms with Gasteiger partial charge in [0.1, 0.15) is 52.0 Å². The van der Waals surface area contributed by atoms with Crippen molar-refractivity contribution in [2.45, 2.75) is 128 Å². The largest absolute Gasteiger partial charge is 0.501 e. The SMILES string of the molecule is CO[Si](CCN(CC[Si](OC)(OC)OC)C(=O)C(C)N1C(=O)c2cc(Oc3cccc(C(C)C)c3)c3c4c(Oc5cccc(C(C)C)c5)cc5c6c(cc(Oc7cccc(C(C)C)c7)c(c7c(Oc8cccc(C(C)C)c8)cc(c2c37)C1=O)c64)C(=O)N(C(C(=O)N(CC[Si](OC)(OC)OC)CC[Si](OC)(OC)OC)C(F)(F)F)C5=O)(OC)OC. The molecule has 26 nitrogen and oxygen atoms in total. The summed E-state index contributed by atoms with van der Waals surface area (Å²) in [7, 11) is 2.01. The zero-order valence-electron chi connectivity index (χ0n) is 71.1. The van der Waals surface area contributed by atoms with Crippen LogP contribution in [0.2, 0.25) is 24.2 Å². The molecule has 638 valence electrons. The lowest BCUT2D eigenvalue weighted by atomic mass is 9.80. The van der Waals surface area contributed by atoms with Crippen LogP contribution in [0.15, 0.2) is 121 Å². The number of fused-ring (bicyclic) bond motifs is 2. The van der Waals surface area contributed by atoms with Gasteiger partial charge in [0, 0.05) is 179 Å². The predicted molar refractivity (Wildman–Crippen MR) is 450 cm³/mol. The number of alkyl halides is 3. The first-order chi connectivity index (χ1) is 56.6. The summed E-state index contributed by atoms with van der Waals surface area (Å²) in [5, 5.41) is 0.111. The lowest BCUT2D eigenvalue weighted by Crippen LogP contribution is -2.61. The van der Waals surface area contributed by atoms with E-state index >= 15 is 41.9 Å². The van der Waals surface area contributed by atoms with Crippen LogP contribution >= 0.6 is 0 Å². The third kappa shape index (κ3) is 17.7. The first-order valence-corrected chi connectivity index (χ1v) is 46.8. The number of hydrogen-bond donors (Lipinski definition) is 0. The van der Waals surface area contributed by atoms with Crippen LogP contribution < -0.4 is 18.9 Å². The second-order valence-electron chi connectivity index (χ2n) is 30.4. The van der Waals surface area contributed by atoms with Gasteiger partial charge in [-0.2, -0.15) is 13.2 Å². The van der Waals surface area contributed by atoms with Gasteiger partial charge in [-0.25, -0.2) is 0 Å². The van der Waals surface area contributed by atoms with E-state index in [0.717, 1.165) is 32.1 Å². The highest BCUT2D eigenvalue weighted by Crippen LogP contribution is 2.59. The average Bonchev–Trinajstić information content (AvgIpc) is 0.669. The van der Waals surface area contributed by atoms with E-state index in [2.05, 4.69) is 0 Å². The van der Waals surface area contributed by atoms with Crippen molar-refractivity contribution in [2.75, 3.05) is 111 Å². The lowest BCUT2D eigenvalue weighted by Gasteiger charge is -2.38. The summed E-state index contributed by atoms with van der Waals surface area (Å²) >= 11 is 0. The fourth-order valence-electron chi connectivity index (χ4n) is 15.6. The Morgan fingerprint density at radius 1 is 0.328 bits per heavy atom. The van der Waals surface area contributed by atoms with Crippen molar-refractivity contribution in [2.24, 2.45) is 0 Å². The molecule has 2 aliphatic heterocycles. The van der Waals surface area contributed by atoms with Gasteiger partial charge in [-0.1, -0.05) is 104 Å². The van der Waals surface area contributed by atoms with Crippen LogP contribution in [0.25, 0.3) is 43.1 Å². The summed E-state index contributed by atoms with van der Waals surface area (Å²) in [6.45, 7) is 16.1. The normalized spacial score (nSPS) is 14.2. The van der Waals surface area contributed by atoms with Crippen LogP contribution in [0.3, 0.4) is 0 Å². The standard InChI is InChI=1S/C86H105F3N4O22Si4/c1-50(2)55-26-22-30-59(42-55)112-67-46-63-71-64(82(96)92(81(63)95)54(9)80(94)90(34-38-116(100-10,101-11)102-12)35-39-117(103-13,104-14)105-15)47-68(113-60-31-23-27-56(43-60)51(3)4)74-76-70(115-62-33-25-29-58(45-62)53(7)8)49-66-72-65(48-69(75(78(72)76)73(67)77(71)74)114-61-32-24-28-57(44-61)52(5)6)83(97)93(84(66)98)79(86(87,88)89)85(99)91(36-40-118(106-16,107-17)108-18)37-41-119(109-19,110-20)111-21/h22-33,42-54,79H,34-41H2,1-21H3. The van der Waals surface area contributed by atoms with Gasteiger partial charge in [-0.3, -0.25) is 38.6 Å². The molecule has 33 heteroatoms. The molecule has 2 unspecified atom stereocenters. The van der Waals surface area contributed by atoms with Gasteiger partial charge in [0.05, 0.1) is 22.3 Å². The van der Waals surface area contributed by atoms with Gasteiger partial charge in [-0.15, -0.1) is 0 Å². The van der Waals surface area contributed by atoms with E-state index in [4.69, 9.17) is 72.1 Å². The highest BCUT2D eigenvalue weighted by atomic mass is 28.4. The molecule has 2 heterocycles. The molecule has 0 spiro atoms. The molecule has 11 rings (SSSR count). The van der Waals surface area contributed by atoms with E-state index in [0.29, 0.717) is 0 Å². The molecule has 0 bridgehead atoms. The number of halogens is 3. The van der Waals surface area contributed by atoms with Crippen LogP contribution in [0.5, 0.6) is 46.0 Å². The maximum Gasteiger partial charge on any atom is 0.501 e. The molecule has 0 saturated carbocycles.